The first-order chi connectivity index (χ1) is 13.3. The Morgan fingerprint density at radius 2 is 2.04 bits per heavy atom. The van der Waals surface area contributed by atoms with Gasteiger partial charge in [0.2, 0.25) is 0 Å². The number of rotatable bonds is 7. The van der Waals surface area contributed by atoms with Gasteiger partial charge in [-0.1, -0.05) is 17.7 Å². The lowest BCUT2D eigenvalue weighted by molar-refractivity contribution is -0.117. The standard InChI is InChI=1S/C22H25N3O3/c1-5-28-21-9-6-14(2)10-19(21)16(4)25-22(27)17(12-23)13-24-20-8-7-18(26)11-15(20)3/h6-11,13,16,24,26H,5H2,1-4H3,(H,25,27)/b17-13-. The van der Waals surface area contributed by atoms with Crippen molar-refractivity contribution in [2.24, 2.45) is 0 Å². The number of hydrogen-bond acceptors (Lipinski definition) is 5. The van der Waals surface area contributed by atoms with Crippen LogP contribution in [0.25, 0.3) is 0 Å². The van der Waals surface area contributed by atoms with Crippen LogP contribution in [0.2, 0.25) is 0 Å². The number of aryl methyl sites for hydroxylation is 2. The highest BCUT2D eigenvalue weighted by Gasteiger charge is 2.17. The van der Waals surface area contributed by atoms with Gasteiger partial charge in [-0.3, -0.25) is 4.79 Å². The molecule has 3 N–H and O–H groups in total. The Morgan fingerprint density at radius 3 is 2.68 bits per heavy atom. The minimum absolute atomic E-state index is 0.0510. The number of nitriles is 1. The molecule has 2 aromatic rings. The van der Waals surface area contributed by atoms with Gasteiger partial charge in [-0.15, -0.1) is 0 Å². The molecular weight excluding hydrogens is 354 g/mol. The van der Waals surface area contributed by atoms with Crippen molar-refractivity contribution in [3.05, 3.63) is 64.9 Å². The highest BCUT2D eigenvalue weighted by molar-refractivity contribution is 5.97. The molecule has 0 aromatic heterocycles. The van der Waals surface area contributed by atoms with Gasteiger partial charge in [0.1, 0.15) is 23.1 Å². The molecule has 6 heteroatoms. The molecule has 0 aliphatic rings. The predicted octanol–water partition coefficient (Wildman–Crippen LogP) is 4.10. The van der Waals surface area contributed by atoms with Crippen molar-refractivity contribution in [2.75, 3.05) is 11.9 Å². The third-order valence-corrected chi connectivity index (χ3v) is 4.23. The minimum Gasteiger partial charge on any atom is -0.508 e. The number of ether oxygens (including phenoxy) is 1. The summed E-state index contributed by atoms with van der Waals surface area (Å²) in [5.74, 6) is 0.381. The maximum atomic E-state index is 12.5. The zero-order chi connectivity index (χ0) is 20.7. The largest absolute Gasteiger partial charge is 0.508 e. The van der Waals surface area contributed by atoms with Gasteiger partial charge in [-0.25, -0.2) is 0 Å². The van der Waals surface area contributed by atoms with E-state index in [0.29, 0.717) is 18.0 Å². The van der Waals surface area contributed by atoms with Gasteiger partial charge < -0.3 is 20.5 Å². The summed E-state index contributed by atoms with van der Waals surface area (Å²) < 4.78 is 5.65. The third kappa shape index (κ3) is 5.27. The van der Waals surface area contributed by atoms with Gasteiger partial charge >= 0.3 is 0 Å². The molecular formula is C22H25N3O3. The maximum absolute atomic E-state index is 12.5. The lowest BCUT2D eigenvalue weighted by Gasteiger charge is -2.18. The monoisotopic (exact) mass is 379 g/mol. The third-order valence-electron chi connectivity index (χ3n) is 4.23. The van der Waals surface area contributed by atoms with Crippen LogP contribution in [-0.2, 0) is 4.79 Å². The van der Waals surface area contributed by atoms with E-state index >= 15 is 0 Å². The molecule has 0 radical (unpaired) electrons. The molecule has 0 heterocycles. The van der Waals surface area contributed by atoms with E-state index in [4.69, 9.17) is 4.74 Å². The number of anilines is 1. The fourth-order valence-electron chi connectivity index (χ4n) is 2.75. The van der Waals surface area contributed by atoms with E-state index in [1.807, 2.05) is 52.0 Å². The lowest BCUT2D eigenvalue weighted by atomic mass is 10.0. The molecule has 1 amide bonds. The molecule has 1 atom stereocenters. The summed E-state index contributed by atoms with van der Waals surface area (Å²) in [5.41, 5.74) is 3.35. The Hall–Kier alpha value is -3.46. The van der Waals surface area contributed by atoms with Crippen molar-refractivity contribution in [1.82, 2.24) is 5.32 Å². The summed E-state index contributed by atoms with van der Waals surface area (Å²) in [7, 11) is 0. The summed E-state index contributed by atoms with van der Waals surface area (Å²) >= 11 is 0. The van der Waals surface area contributed by atoms with Gasteiger partial charge in [0.05, 0.1) is 12.6 Å². The fraction of sp³-hybridized carbons (Fsp3) is 0.273. The number of benzene rings is 2. The second-order valence-electron chi connectivity index (χ2n) is 6.48. The maximum Gasteiger partial charge on any atom is 0.263 e. The van der Waals surface area contributed by atoms with Crippen LogP contribution in [0.4, 0.5) is 5.69 Å². The molecule has 28 heavy (non-hydrogen) atoms. The highest BCUT2D eigenvalue weighted by atomic mass is 16.5. The first-order valence-corrected chi connectivity index (χ1v) is 9.06. The molecule has 146 valence electrons. The predicted molar refractivity (Wildman–Crippen MR) is 109 cm³/mol. The lowest BCUT2D eigenvalue weighted by Crippen LogP contribution is -2.28. The Morgan fingerprint density at radius 1 is 1.29 bits per heavy atom. The van der Waals surface area contributed by atoms with Gasteiger partial charge in [0.25, 0.3) is 5.91 Å². The molecule has 0 bridgehead atoms. The molecule has 2 rings (SSSR count). The van der Waals surface area contributed by atoms with E-state index in [2.05, 4.69) is 10.6 Å². The molecule has 0 saturated heterocycles. The van der Waals surface area contributed by atoms with Gasteiger partial charge in [-0.2, -0.15) is 5.26 Å². The Kier molecular flexibility index (Phi) is 7.05. The van der Waals surface area contributed by atoms with Crippen LogP contribution in [0.5, 0.6) is 11.5 Å². The van der Waals surface area contributed by atoms with Gasteiger partial charge in [0.15, 0.2) is 0 Å². The molecule has 0 fully saturated rings. The van der Waals surface area contributed by atoms with Crippen molar-refractivity contribution in [2.45, 2.75) is 33.7 Å². The first-order valence-electron chi connectivity index (χ1n) is 9.06. The summed E-state index contributed by atoms with van der Waals surface area (Å²) in [6, 6.07) is 12.2. The van der Waals surface area contributed by atoms with E-state index in [1.165, 1.54) is 12.3 Å². The van der Waals surface area contributed by atoms with Crippen LogP contribution in [0.15, 0.2) is 48.2 Å². The van der Waals surface area contributed by atoms with Crippen LogP contribution in [0.1, 0.15) is 36.6 Å². The number of aromatic hydroxyl groups is 1. The topological polar surface area (TPSA) is 94.4 Å². The van der Waals surface area contributed by atoms with Crippen molar-refractivity contribution >= 4 is 11.6 Å². The molecule has 0 spiro atoms. The average molecular weight is 379 g/mol. The van der Waals surface area contributed by atoms with Crippen LogP contribution in [-0.4, -0.2) is 17.6 Å². The molecule has 0 aliphatic carbocycles. The van der Waals surface area contributed by atoms with E-state index in [-0.39, 0.29) is 17.4 Å². The molecule has 2 aromatic carbocycles. The first kappa shape index (κ1) is 20.8. The molecule has 0 saturated carbocycles. The summed E-state index contributed by atoms with van der Waals surface area (Å²) in [5, 5.41) is 24.6. The second-order valence-corrected chi connectivity index (χ2v) is 6.48. The van der Waals surface area contributed by atoms with E-state index in [1.54, 1.807) is 12.1 Å². The van der Waals surface area contributed by atoms with Gasteiger partial charge in [0, 0.05) is 17.5 Å². The molecule has 6 nitrogen and oxygen atoms in total. The zero-order valence-corrected chi connectivity index (χ0v) is 16.5. The van der Waals surface area contributed by atoms with E-state index in [9.17, 15) is 15.2 Å². The van der Waals surface area contributed by atoms with Crippen molar-refractivity contribution < 1.29 is 14.6 Å². The Labute approximate surface area is 165 Å². The highest BCUT2D eigenvalue weighted by Crippen LogP contribution is 2.27. The van der Waals surface area contributed by atoms with Gasteiger partial charge in [-0.05, 0) is 57.5 Å². The number of phenols is 1. The van der Waals surface area contributed by atoms with E-state index < -0.39 is 5.91 Å². The van der Waals surface area contributed by atoms with Crippen LogP contribution >= 0.6 is 0 Å². The summed E-state index contributed by atoms with van der Waals surface area (Å²) in [6.45, 7) is 8.06. The Bertz CT molecular complexity index is 929. The average Bonchev–Trinajstić information content (AvgIpc) is 2.65. The summed E-state index contributed by atoms with van der Waals surface area (Å²) in [4.78, 5) is 12.5. The second kappa shape index (κ2) is 9.47. The summed E-state index contributed by atoms with van der Waals surface area (Å²) in [6.07, 6.45) is 1.36. The Balaban J connectivity index is 2.15. The number of nitrogens with zero attached hydrogens (tertiary/aromatic N) is 1. The van der Waals surface area contributed by atoms with Crippen LogP contribution in [0, 0.1) is 25.2 Å². The number of carbonyl (C=O) groups excluding carboxylic acids is 1. The number of hydrogen-bond donors (Lipinski definition) is 3. The quantitative estimate of drug-likeness (QED) is 0.382. The van der Waals surface area contributed by atoms with Crippen molar-refractivity contribution in [3.8, 4) is 17.6 Å². The minimum atomic E-state index is -0.483. The molecule has 1 unspecified atom stereocenters. The van der Waals surface area contributed by atoms with Crippen LogP contribution in [0.3, 0.4) is 0 Å². The number of nitrogens with one attached hydrogen (secondary N) is 2. The van der Waals surface area contributed by atoms with Crippen molar-refractivity contribution in [1.29, 1.82) is 5.26 Å². The fourth-order valence-corrected chi connectivity index (χ4v) is 2.75. The van der Waals surface area contributed by atoms with Crippen LogP contribution < -0.4 is 15.4 Å². The normalized spacial score (nSPS) is 12.0. The number of amides is 1. The van der Waals surface area contributed by atoms with Crippen molar-refractivity contribution in [3.63, 3.8) is 0 Å². The number of carbonyl (C=O) groups is 1. The smallest absolute Gasteiger partial charge is 0.263 e. The number of phenolic OH excluding ortho intramolecular Hbond substituents is 1. The molecule has 0 aliphatic heterocycles. The van der Waals surface area contributed by atoms with E-state index in [0.717, 1.165) is 16.7 Å². The SMILES string of the molecule is CCOc1ccc(C)cc1C(C)NC(=O)/C(C#N)=C\Nc1ccc(O)cc1C. The zero-order valence-electron chi connectivity index (χ0n) is 16.5.